The van der Waals surface area contributed by atoms with Crippen molar-refractivity contribution in [3.63, 3.8) is 0 Å². The van der Waals surface area contributed by atoms with E-state index in [0.717, 1.165) is 0 Å². The largest absolute Gasteiger partial charge is 0.496 e. The molecule has 0 radical (unpaired) electrons. The number of sulfonamides is 1. The summed E-state index contributed by atoms with van der Waals surface area (Å²) in [5, 5.41) is 0. The van der Waals surface area contributed by atoms with Crippen molar-refractivity contribution in [3.8, 4) is 5.75 Å². The average molecular weight is 348 g/mol. The summed E-state index contributed by atoms with van der Waals surface area (Å²) in [6.45, 7) is 2.58. The van der Waals surface area contributed by atoms with E-state index in [1.54, 1.807) is 25.3 Å². The number of halogens is 1. The number of benzene rings is 1. The predicted molar refractivity (Wildman–Crippen MR) is 77.8 cm³/mol. The first kappa shape index (κ1) is 14.8. The lowest BCUT2D eigenvalue weighted by molar-refractivity contribution is 0.411. The number of nitrogens with one attached hydrogen (secondary N) is 1. The van der Waals surface area contributed by atoms with Crippen LogP contribution in [-0.4, -0.2) is 22.1 Å². The average Bonchev–Trinajstić information content (AvgIpc) is 3.20. The van der Waals surface area contributed by atoms with Gasteiger partial charge >= 0.3 is 0 Å². The van der Waals surface area contributed by atoms with Crippen molar-refractivity contribution < 1.29 is 13.2 Å². The van der Waals surface area contributed by atoms with E-state index in [0.29, 0.717) is 28.6 Å². The third-order valence-corrected chi connectivity index (χ3v) is 5.50. The number of hydrogen-bond acceptors (Lipinski definition) is 3. The molecule has 1 saturated carbocycles. The van der Waals surface area contributed by atoms with Crippen LogP contribution in [0, 0.1) is 11.8 Å². The molecule has 6 heteroatoms. The van der Waals surface area contributed by atoms with E-state index in [2.05, 4.69) is 27.6 Å². The molecule has 2 rings (SSSR count). The Morgan fingerprint density at radius 3 is 2.68 bits per heavy atom. The van der Waals surface area contributed by atoms with Crippen molar-refractivity contribution in [2.24, 2.45) is 11.8 Å². The molecule has 1 N–H and O–H groups in total. The molecule has 0 saturated heterocycles. The summed E-state index contributed by atoms with van der Waals surface area (Å²) in [6.07, 6.45) is 2.44. The number of methoxy groups -OCH3 is 1. The maximum atomic E-state index is 12.2. The van der Waals surface area contributed by atoms with Crippen molar-refractivity contribution in [1.82, 2.24) is 4.72 Å². The van der Waals surface area contributed by atoms with Crippen LogP contribution in [0.25, 0.3) is 0 Å². The van der Waals surface area contributed by atoms with Gasteiger partial charge in [0.05, 0.1) is 16.5 Å². The van der Waals surface area contributed by atoms with E-state index in [1.165, 1.54) is 12.8 Å². The summed E-state index contributed by atoms with van der Waals surface area (Å²) in [7, 11) is -1.90. The summed E-state index contributed by atoms with van der Waals surface area (Å²) in [5.41, 5.74) is 0. The molecule has 0 bridgehead atoms. The molecule has 1 aromatic rings. The van der Waals surface area contributed by atoms with Gasteiger partial charge in [-0.1, -0.05) is 6.92 Å². The summed E-state index contributed by atoms with van der Waals surface area (Å²) >= 11 is 3.30. The smallest absolute Gasteiger partial charge is 0.240 e. The molecule has 1 unspecified atom stereocenters. The van der Waals surface area contributed by atoms with Gasteiger partial charge in [-0.2, -0.15) is 0 Å². The van der Waals surface area contributed by atoms with Crippen molar-refractivity contribution >= 4 is 26.0 Å². The minimum Gasteiger partial charge on any atom is -0.496 e. The highest BCUT2D eigenvalue weighted by atomic mass is 79.9. The highest BCUT2D eigenvalue weighted by Crippen LogP contribution is 2.36. The third-order valence-electron chi connectivity index (χ3n) is 3.46. The second-order valence-electron chi connectivity index (χ2n) is 4.96. The number of rotatable bonds is 6. The molecule has 0 aromatic heterocycles. The van der Waals surface area contributed by atoms with Gasteiger partial charge in [0.15, 0.2) is 0 Å². The first-order valence-electron chi connectivity index (χ1n) is 6.27. The Morgan fingerprint density at radius 2 is 2.16 bits per heavy atom. The first-order chi connectivity index (χ1) is 8.94. The second kappa shape index (κ2) is 5.81. The molecule has 1 fully saturated rings. The van der Waals surface area contributed by atoms with Gasteiger partial charge in [-0.25, -0.2) is 13.1 Å². The summed E-state index contributed by atoms with van der Waals surface area (Å²) in [6, 6.07) is 4.75. The van der Waals surface area contributed by atoms with Crippen LogP contribution in [0.5, 0.6) is 5.75 Å². The van der Waals surface area contributed by atoms with Crippen LogP contribution >= 0.6 is 15.9 Å². The van der Waals surface area contributed by atoms with Crippen LogP contribution in [0.4, 0.5) is 0 Å². The molecule has 4 nitrogen and oxygen atoms in total. The van der Waals surface area contributed by atoms with Crippen LogP contribution < -0.4 is 9.46 Å². The van der Waals surface area contributed by atoms with E-state index in [1.807, 2.05) is 0 Å². The fourth-order valence-corrected chi connectivity index (χ4v) is 3.83. The van der Waals surface area contributed by atoms with E-state index in [4.69, 9.17) is 4.74 Å². The Hall–Kier alpha value is -0.590. The molecular formula is C13H18BrNO3S. The Bertz CT molecular complexity index is 555. The van der Waals surface area contributed by atoms with Crippen LogP contribution in [0.15, 0.2) is 27.6 Å². The topological polar surface area (TPSA) is 55.4 Å². The SMILES string of the molecule is COc1ccc(S(=O)(=O)NCC(C)C2CC2)cc1Br. The second-order valence-corrected chi connectivity index (χ2v) is 7.58. The molecule has 0 heterocycles. The molecule has 0 amide bonds. The summed E-state index contributed by atoms with van der Waals surface area (Å²) in [4.78, 5) is 0.253. The lowest BCUT2D eigenvalue weighted by Crippen LogP contribution is -2.29. The van der Waals surface area contributed by atoms with Crippen molar-refractivity contribution in [2.75, 3.05) is 13.7 Å². The van der Waals surface area contributed by atoms with Crippen molar-refractivity contribution in [1.29, 1.82) is 0 Å². The molecule has 0 aliphatic heterocycles. The molecular weight excluding hydrogens is 330 g/mol. The summed E-state index contributed by atoms with van der Waals surface area (Å²) < 4.78 is 32.7. The van der Waals surface area contributed by atoms with Gasteiger partial charge < -0.3 is 4.74 Å². The Kier molecular flexibility index (Phi) is 4.53. The molecule has 1 atom stereocenters. The zero-order chi connectivity index (χ0) is 14.0. The van der Waals surface area contributed by atoms with Gasteiger partial charge in [-0.15, -0.1) is 0 Å². The standard InChI is InChI=1S/C13H18BrNO3S/c1-9(10-3-4-10)8-15-19(16,17)11-5-6-13(18-2)12(14)7-11/h5-7,9-10,15H,3-4,8H2,1-2H3. The lowest BCUT2D eigenvalue weighted by atomic mass is 10.1. The molecule has 1 aliphatic rings. The van der Waals surface area contributed by atoms with E-state index >= 15 is 0 Å². The van der Waals surface area contributed by atoms with Crippen LogP contribution in [0.1, 0.15) is 19.8 Å². The minimum absolute atomic E-state index is 0.253. The predicted octanol–water partition coefficient (Wildman–Crippen LogP) is 2.78. The monoisotopic (exact) mass is 347 g/mol. The Labute approximate surface area is 122 Å². The fourth-order valence-electron chi connectivity index (χ4n) is 1.97. The zero-order valence-electron chi connectivity index (χ0n) is 11.0. The molecule has 1 aliphatic carbocycles. The maximum Gasteiger partial charge on any atom is 0.240 e. The van der Waals surface area contributed by atoms with Crippen LogP contribution in [0.3, 0.4) is 0 Å². The van der Waals surface area contributed by atoms with Gasteiger partial charge in [0.2, 0.25) is 10.0 Å². The van der Waals surface area contributed by atoms with Crippen molar-refractivity contribution in [3.05, 3.63) is 22.7 Å². The van der Waals surface area contributed by atoms with Gasteiger partial charge in [-0.3, -0.25) is 0 Å². The molecule has 106 valence electrons. The van der Waals surface area contributed by atoms with Gasteiger partial charge in [0, 0.05) is 6.54 Å². The molecule has 1 aromatic carbocycles. The number of ether oxygens (including phenoxy) is 1. The third kappa shape index (κ3) is 3.70. The fraction of sp³-hybridized carbons (Fsp3) is 0.538. The van der Waals surface area contributed by atoms with Gasteiger partial charge in [0.25, 0.3) is 0 Å². The zero-order valence-corrected chi connectivity index (χ0v) is 13.4. The van der Waals surface area contributed by atoms with Crippen LogP contribution in [-0.2, 0) is 10.0 Å². The minimum atomic E-state index is -3.44. The normalized spacial score (nSPS) is 17.2. The molecule has 19 heavy (non-hydrogen) atoms. The highest BCUT2D eigenvalue weighted by molar-refractivity contribution is 9.10. The quantitative estimate of drug-likeness (QED) is 0.860. The van der Waals surface area contributed by atoms with Crippen LogP contribution in [0.2, 0.25) is 0 Å². The van der Waals surface area contributed by atoms with E-state index in [9.17, 15) is 8.42 Å². The highest BCUT2D eigenvalue weighted by Gasteiger charge is 2.28. The first-order valence-corrected chi connectivity index (χ1v) is 8.55. The number of hydrogen-bond donors (Lipinski definition) is 1. The lowest BCUT2D eigenvalue weighted by Gasteiger charge is -2.12. The van der Waals surface area contributed by atoms with Gasteiger partial charge in [-0.05, 0) is 58.8 Å². The van der Waals surface area contributed by atoms with E-state index < -0.39 is 10.0 Å². The molecule has 0 spiro atoms. The Balaban J connectivity index is 2.07. The Morgan fingerprint density at radius 1 is 1.47 bits per heavy atom. The summed E-state index contributed by atoms with van der Waals surface area (Å²) in [5.74, 6) is 1.70. The maximum absolute atomic E-state index is 12.2. The van der Waals surface area contributed by atoms with Crippen molar-refractivity contribution in [2.45, 2.75) is 24.7 Å². The van der Waals surface area contributed by atoms with E-state index in [-0.39, 0.29) is 4.90 Å². The van der Waals surface area contributed by atoms with Gasteiger partial charge in [0.1, 0.15) is 5.75 Å².